The van der Waals surface area contributed by atoms with Gasteiger partial charge in [-0.25, -0.2) is 4.98 Å². The molecule has 2 aromatic rings. The average molecular weight is 332 g/mol. The molecular weight excluding hydrogens is 312 g/mol. The monoisotopic (exact) mass is 332 g/mol. The highest BCUT2D eigenvalue weighted by Crippen LogP contribution is 2.31. The lowest BCUT2D eigenvalue weighted by molar-refractivity contribution is -0.145. The first-order valence-corrected chi connectivity index (χ1v) is 8.68. The number of aliphatic carboxylic acids is 1. The third kappa shape index (κ3) is 3.52. The van der Waals surface area contributed by atoms with E-state index in [4.69, 9.17) is 5.11 Å². The van der Waals surface area contributed by atoms with Gasteiger partial charge in [-0.05, 0) is 31.4 Å². The molecule has 1 heterocycles. The normalized spacial score (nSPS) is 21.3. The van der Waals surface area contributed by atoms with Crippen LogP contribution in [-0.2, 0) is 16.1 Å². The molecule has 0 radical (unpaired) electrons. The van der Waals surface area contributed by atoms with E-state index >= 15 is 0 Å². The molecule has 1 fully saturated rings. The summed E-state index contributed by atoms with van der Waals surface area (Å²) in [5.74, 6) is -1.30. The molecule has 5 nitrogen and oxygen atoms in total. The standard InChI is InChI=1S/C17H20N2O3S/c1-19(10-15-18-13-7-2-3-8-14(13)23-15)16(20)11-5-4-6-12(9-11)17(21)22/h2-3,7-8,11-12H,4-6,9-10H2,1H3,(H,21,22). The molecule has 0 bridgehead atoms. The predicted octanol–water partition coefficient (Wildman–Crippen LogP) is 3.15. The van der Waals surface area contributed by atoms with Crippen LogP contribution in [0.1, 0.15) is 30.7 Å². The van der Waals surface area contributed by atoms with E-state index in [1.165, 1.54) is 0 Å². The Labute approximate surface area is 138 Å². The van der Waals surface area contributed by atoms with Crippen molar-refractivity contribution in [3.8, 4) is 0 Å². The van der Waals surface area contributed by atoms with Crippen LogP contribution in [0.15, 0.2) is 24.3 Å². The number of hydrogen-bond acceptors (Lipinski definition) is 4. The molecule has 1 N–H and O–H groups in total. The second-order valence-corrected chi connectivity index (χ2v) is 7.28. The number of fused-ring (bicyclic) bond motifs is 1. The summed E-state index contributed by atoms with van der Waals surface area (Å²) in [5.41, 5.74) is 0.956. The molecule has 0 aliphatic heterocycles. The summed E-state index contributed by atoms with van der Waals surface area (Å²) in [6, 6.07) is 7.93. The minimum atomic E-state index is -0.781. The van der Waals surface area contributed by atoms with Crippen molar-refractivity contribution in [2.45, 2.75) is 32.2 Å². The number of rotatable bonds is 4. The van der Waals surface area contributed by atoms with E-state index < -0.39 is 5.97 Å². The highest BCUT2D eigenvalue weighted by molar-refractivity contribution is 7.18. The van der Waals surface area contributed by atoms with E-state index in [1.807, 2.05) is 24.3 Å². The molecule has 23 heavy (non-hydrogen) atoms. The molecule has 1 aliphatic carbocycles. The van der Waals surface area contributed by atoms with Gasteiger partial charge in [-0.1, -0.05) is 18.6 Å². The Hall–Kier alpha value is -1.95. The number of carbonyl (C=O) groups is 2. The van der Waals surface area contributed by atoms with Gasteiger partial charge in [0.05, 0.1) is 22.7 Å². The number of amides is 1. The molecule has 1 aromatic heterocycles. The van der Waals surface area contributed by atoms with E-state index in [-0.39, 0.29) is 17.7 Å². The van der Waals surface area contributed by atoms with Gasteiger partial charge in [0.1, 0.15) is 5.01 Å². The molecule has 1 aliphatic rings. The molecule has 0 saturated heterocycles. The van der Waals surface area contributed by atoms with E-state index in [0.717, 1.165) is 28.1 Å². The van der Waals surface area contributed by atoms with Crippen molar-refractivity contribution < 1.29 is 14.7 Å². The topological polar surface area (TPSA) is 70.5 Å². The van der Waals surface area contributed by atoms with Crippen molar-refractivity contribution in [1.29, 1.82) is 0 Å². The van der Waals surface area contributed by atoms with Gasteiger partial charge in [0.15, 0.2) is 0 Å². The van der Waals surface area contributed by atoms with Crippen molar-refractivity contribution >= 4 is 33.4 Å². The molecular formula is C17H20N2O3S. The van der Waals surface area contributed by atoms with Crippen LogP contribution in [0, 0.1) is 11.8 Å². The van der Waals surface area contributed by atoms with Crippen molar-refractivity contribution in [2.75, 3.05) is 7.05 Å². The van der Waals surface area contributed by atoms with E-state index in [0.29, 0.717) is 19.4 Å². The first kappa shape index (κ1) is 15.9. The summed E-state index contributed by atoms with van der Waals surface area (Å²) in [4.78, 5) is 30.0. The highest BCUT2D eigenvalue weighted by Gasteiger charge is 2.32. The smallest absolute Gasteiger partial charge is 0.306 e. The third-order valence-electron chi connectivity index (χ3n) is 4.46. The van der Waals surface area contributed by atoms with Crippen LogP contribution < -0.4 is 0 Å². The molecule has 0 spiro atoms. The maximum atomic E-state index is 12.6. The first-order chi connectivity index (χ1) is 11.0. The van der Waals surface area contributed by atoms with Gasteiger partial charge >= 0.3 is 5.97 Å². The lowest BCUT2D eigenvalue weighted by atomic mass is 9.81. The fraction of sp³-hybridized carbons (Fsp3) is 0.471. The van der Waals surface area contributed by atoms with E-state index in [9.17, 15) is 9.59 Å². The number of benzene rings is 1. The van der Waals surface area contributed by atoms with Crippen LogP contribution in [-0.4, -0.2) is 33.9 Å². The first-order valence-electron chi connectivity index (χ1n) is 7.87. The average Bonchev–Trinajstić information content (AvgIpc) is 2.96. The summed E-state index contributed by atoms with van der Waals surface area (Å²) < 4.78 is 1.12. The Bertz CT molecular complexity index is 694. The van der Waals surface area contributed by atoms with Crippen LogP contribution in [0.2, 0.25) is 0 Å². The Morgan fingerprint density at radius 2 is 2.04 bits per heavy atom. The van der Waals surface area contributed by atoms with Crippen LogP contribution >= 0.6 is 11.3 Å². The minimum absolute atomic E-state index is 0.0372. The maximum Gasteiger partial charge on any atom is 0.306 e. The van der Waals surface area contributed by atoms with Gasteiger partial charge in [0.25, 0.3) is 0 Å². The second kappa shape index (κ2) is 6.66. The molecule has 1 amide bonds. The van der Waals surface area contributed by atoms with E-state index in [1.54, 1.807) is 23.3 Å². The largest absolute Gasteiger partial charge is 0.481 e. The van der Waals surface area contributed by atoms with E-state index in [2.05, 4.69) is 4.98 Å². The fourth-order valence-electron chi connectivity index (χ4n) is 3.22. The van der Waals surface area contributed by atoms with Gasteiger partial charge in [0.2, 0.25) is 5.91 Å². The summed E-state index contributed by atoms with van der Waals surface area (Å²) in [6.07, 6.45) is 2.73. The number of hydrogen-bond donors (Lipinski definition) is 1. The zero-order valence-corrected chi connectivity index (χ0v) is 13.9. The zero-order chi connectivity index (χ0) is 16.4. The predicted molar refractivity (Wildman–Crippen MR) is 89.2 cm³/mol. The van der Waals surface area contributed by atoms with Crippen molar-refractivity contribution in [1.82, 2.24) is 9.88 Å². The van der Waals surface area contributed by atoms with Crippen molar-refractivity contribution in [3.63, 3.8) is 0 Å². The number of aromatic nitrogens is 1. The molecule has 2 unspecified atom stereocenters. The number of para-hydroxylation sites is 1. The zero-order valence-electron chi connectivity index (χ0n) is 13.1. The molecule has 6 heteroatoms. The van der Waals surface area contributed by atoms with Gasteiger partial charge in [0, 0.05) is 13.0 Å². The van der Waals surface area contributed by atoms with Crippen molar-refractivity contribution in [2.24, 2.45) is 11.8 Å². The van der Waals surface area contributed by atoms with Crippen LogP contribution in [0.25, 0.3) is 10.2 Å². The summed E-state index contributed by atoms with van der Waals surface area (Å²) in [7, 11) is 1.78. The summed E-state index contributed by atoms with van der Waals surface area (Å²) in [5, 5.41) is 10.1. The molecule has 122 valence electrons. The van der Waals surface area contributed by atoms with Crippen molar-refractivity contribution in [3.05, 3.63) is 29.3 Å². The Balaban J connectivity index is 1.66. The molecule has 1 saturated carbocycles. The molecule has 3 rings (SSSR count). The molecule has 1 aromatic carbocycles. The number of carbonyl (C=O) groups excluding carboxylic acids is 1. The van der Waals surface area contributed by atoms with Gasteiger partial charge in [-0.2, -0.15) is 0 Å². The Morgan fingerprint density at radius 1 is 1.30 bits per heavy atom. The van der Waals surface area contributed by atoms with Crippen LogP contribution in [0.4, 0.5) is 0 Å². The Kier molecular flexibility index (Phi) is 4.61. The van der Waals surface area contributed by atoms with Crippen LogP contribution in [0.3, 0.4) is 0 Å². The van der Waals surface area contributed by atoms with Gasteiger partial charge in [-0.15, -0.1) is 11.3 Å². The SMILES string of the molecule is CN(Cc1nc2ccccc2s1)C(=O)C1CCCC(C(=O)O)C1. The minimum Gasteiger partial charge on any atom is -0.481 e. The number of nitrogens with zero attached hydrogens (tertiary/aromatic N) is 2. The number of carboxylic acid groups (broad SMARTS) is 1. The number of carboxylic acids is 1. The maximum absolute atomic E-state index is 12.6. The molecule has 2 atom stereocenters. The third-order valence-corrected chi connectivity index (χ3v) is 5.48. The lowest BCUT2D eigenvalue weighted by Crippen LogP contribution is -2.36. The van der Waals surface area contributed by atoms with Crippen LogP contribution in [0.5, 0.6) is 0 Å². The lowest BCUT2D eigenvalue weighted by Gasteiger charge is -2.29. The summed E-state index contributed by atoms with van der Waals surface area (Å²) >= 11 is 1.60. The van der Waals surface area contributed by atoms with Gasteiger partial charge < -0.3 is 10.0 Å². The fourth-order valence-corrected chi connectivity index (χ4v) is 4.24. The summed E-state index contributed by atoms with van der Waals surface area (Å²) in [6.45, 7) is 0.479. The van der Waals surface area contributed by atoms with Gasteiger partial charge in [-0.3, -0.25) is 9.59 Å². The second-order valence-electron chi connectivity index (χ2n) is 6.17. The quantitative estimate of drug-likeness (QED) is 0.934. The highest BCUT2D eigenvalue weighted by atomic mass is 32.1. The Morgan fingerprint density at radius 3 is 2.78 bits per heavy atom. The number of thiazole rings is 1.